The Balaban J connectivity index is 3.26. The molecule has 0 aromatic heterocycles. The molecule has 0 heterocycles. The maximum Gasteiger partial charge on any atom is 0.573 e. The molecule has 7 heteroatoms. The van der Waals surface area contributed by atoms with E-state index in [-0.39, 0.29) is 23.7 Å². The largest absolute Gasteiger partial charge is 0.573 e. The molecule has 0 atom stereocenters. The number of hydrogen-bond acceptors (Lipinski definition) is 3. The highest BCUT2D eigenvalue weighted by molar-refractivity contribution is 6.34. The number of carbonyl (C=O) groups is 2. The number of aldehydes is 2. The molecule has 0 aliphatic carbocycles. The van der Waals surface area contributed by atoms with Crippen molar-refractivity contribution in [2.75, 3.05) is 0 Å². The van der Waals surface area contributed by atoms with Crippen LogP contribution in [0.15, 0.2) is 12.1 Å². The van der Waals surface area contributed by atoms with Crippen LogP contribution in [0.2, 0.25) is 5.02 Å². The topological polar surface area (TPSA) is 43.4 Å². The summed E-state index contributed by atoms with van der Waals surface area (Å²) < 4.78 is 39.4. The molecule has 0 saturated carbocycles. The molecule has 0 saturated heterocycles. The van der Waals surface area contributed by atoms with Crippen molar-refractivity contribution in [3.8, 4) is 5.75 Å². The second-order valence-electron chi connectivity index (χ2n) is 2.71. The zero-order valence-corrected chi connectivity index (χ0v) is 8.30. The molecule has 0 bridgehead atoms. The smallest absolute Gasteiger partial charge is 0.404 e. The minimum absolute atomic E-state index is 0.134. The molecule has 86 valence electrons. The average molecular weight is 253 g/mol. The van der Waals surface area contributed by atoms with Crippen molar-refractivity contribution in [3.05, 3.63) is 28.3 Å². The monoisotopic (exact) mass is 252 g/mol. The summed E-state index contributed by atoms with van der Waals surface area (Å²) in [5.41, 5.74) is -0.378. The highest BCUT2D eigenvalue weighted by Crippen LogP contribution is 2.32. The maximum absolute atomic E-state index is 11.9. The first-order valence-corrected chi connectivity index (χ1v) is 4.25. The lowest BCUT2D eigenvalue weighted by atomic mass is 10.1. The zero-order chi connectivity index (χ0) is 12.3. The number of ether oxygens (including phenoxy) is 1. The molecule has 0 N–H and O–H groups in total. The average Bonchev–Trinajstić information content (AvgIpc) is 2.19. The molecule has 16 heavy (non-hydrogen) atoms. The van der Waals surface area contributed by atoms with Crippen molar-refractivity contribution >= 4 is 24.2 Å². The van der Waals surface area contributed by atoms with Crippen molar-refractivity contribution in [2.24, 2.45) is 0 Å². The molecule has 0 fully saturated rings. The lowest BCUT2D eigenvalue weighted by molar-refractivity contribution is -0.274. The third kappa shape index (κ3) is 2.96. The standard InChI is InChI=1S/C9H4ClF3O3/c10-8-6(4-15)1-5(3-14)2-7(8)16-9(11,12)13/h1-4H. The van der Waals surface area contributed by atoms with Gasteiger partial charge in [-0.25, -0.2) is 0 Å². The molecule has 1 rings (SSSR count). The summed E-state index contributed by atoms with van der Waals surface area (Å²) in [5, 5.41) is -0.488. The van der Waals surface area contributed by atoms with Gasteiger partial charge in [-0.1, -0.05) is 11.6 Å². The number of benzene rings is 1. The van der Waals surface area contributed by atoms with Gasteiger partial charge in [-0.05, 0) is 12.1 Å². The molecule has 0 aliphatic rings. The van der Waals surface area contributed by atoms with Gasteiger partial charge in [0.2, 0.25) is 0 Å². The Labute approximate surface area is 92.8 Å². The highest BCUT2D eigenvalue weighted by Gasteiger charge is 2.32. The van der Waals surface area contributed by atoms with Crippen LogP contribution in [0, 0.1) is 0 Å². The van der Waals surface area contributed by atoms with Crippen molar-refractivity contribution in [2.45, 2.75) is 6.36 Å². The van der Waals surface area contributed by atoms with Gasteiger partial charge in [-0.3, -0.25) is 9.59 Å². The van der Waals surface area contributed by atoms with Crippen molar-refractivity contribution < 1.29 is 27.5 Å². The van der Waals surface area contributed by atoms with Gasteiger partial charge < -0.3 is 4.74 Å². The summed E-state index contributed by atoms with van der Waals surface area (Å²) in [6, 6.07) is 1.86. The van der Waals surface area contributed by atoms with E-state index in [1.54, 1.807) is 0 Å². The van der Waals surface area contributed by atoms with Gasteiger partial charge in [-0.15, -0.1) is 13.2 Å². The van der Waals surface area contributed by atoms with Gasteiger partial charge >= 0.3 is 6.36 Å². The Morgan fingerprint density at radius 3 is 2.25 bits per heavy atom. The van der Waals surface area contributed by atoms with Gasteiger partial charge in [0.1, 0.15) is 12.0 Å². The number of alkyl halides is 3. The molecule has 0 unspecified atom stereocenters. The third-order valence-electron chi connectivity index (χ3n) is 1.58. The Kier molecular flexibility index (Phi) is 3.54. The summed E-state index contributed by atoms with van der Waals surface area (Å²) in [7, 11) is 0. The quantitative estimate of drug-likeness (QED) is 0.777. The Morgan fingerprint density at radius 2 is 1.81 bits per heavy atom. The zero-order valence-electron chi connectivity index (χ0n) is 7.55. The van der Waals surface area contributed by atoms with Crippen LogP contribution in [-0.2, 0) is 0 Å². The van der Waals surface area contributed by atoms with Gasteiger partial charge in [0.25, 0.3) is 0 Å². The van der Waals surface area contributed by atoms with Crippen LogP contribution in [0.25, 0.3) is 0 Å². The second-order valence-corrected chi connectivity index (χ2v) is 3.08. The number of hydrogen-bond donors (Lipinski definition) is 0. The van der Waals surface area contributed by atoms with Crippen LogP contribution in [-0.4, -0.2) is 18.9 Å². The Bertz CT molecular complexity index is 429. The number of rotatable bonds is 3. The van der Waals surface area contributed by atoms with Crippen molar-refractivity contribution in [1.29, 1.82) is 0 Å². The summed E-state index contributed by atoms with van der Waals surface area (Å²) >= 11 is 5.47. The summed E-state index contributed by atoms with van der Waals surface area (Å²) in [4.78, 5) is 20.9. The van der Waals surface area contributed by atoms with Crippen LogP contribution < -0.4 is 4.74 Å². The molecule has 0 aliphatic heterocycles. The number of carbonyl (C=O) groups excluding carboxylic acids is 2. The van der Waals surface area contributed by atoms with Gasteiger partial charge in [0.05, 0.1) is 5.02 Å². The molecule has 1 aromatic rings. The van der Waals surface area contributed by atoms with Crippen LogP contribution in [0.1, 0.15) is 20.7 Å². The highest BCUT2D eigenvalue weighted by atomic mass is 35.5. The Morgan fingerprint density at radius 1 is 1.19 bits per heavy atom. The fourth-order valence-electron chi connectivity index (χ4n) is 0.994. The van der Waals surface area contributed by atoms with E-state index >= 15 is 0 Å². The van der Waals surface area contributed by atoms with Crippen LogP contribution >= 0.6 is 11.6 Å². The summed E-state index contributed by atoms with van der Waals surface area (Å²) in [6.07, 6.45) is -4.42. The molecular weight excluding hydrogens is 249 g/mol. The molecule has 3 nitrogen and oxygen atoms in total. The maximum atomic E-state index is 11.9. The predicted molar refractivity (Wildman–Crippen MR) is 48.9 cm³/mol. The van der Waals surface area contributed by atoms with E-state index in [0.29, 0.717) is 0 Å². The van der Waals surface area contributed by atoms with Crippen molar-refractivity contribution in [1.82, 2.24) is 0 Å². The molecule has 0 spiro atoms. The van der Waals surface area contributed by atoms with Gasteiger partial charge in [0, 0.05) is 11.1 Å². The molecule has 0 radical (unpaired) electrons. The van der Waals surface area contributed by atoms with Crippen molar-refractivity contribution in [3.63, 3.8) is 0 Å². The SMILES string of the molecule is O=Cc1cc(C=O)c(Cl)c(OC(F)(F)F)c1. The minimum Gasteiger partial charge on any atom is -0.404 e. The third-order valence-corrected chi connectivity index (χ3v) is 1.98. The number of halogens is 4. The van der Waals surface area contributed by atoms with Crippen LogP contribution in [0.5, 0.6) is 5.75 Å². The molecule has 0 amide bonds. The predicted octanol–water partition coefficient (Wildman–Crippen LogP) is 2.86. The first kappa shape index (κ1) is 12.5. The van der Waals surface area contributed by atoms with Crippen LogP contribution in [0.4, 0.5) is 13.2 Å². The van der Waals surface area contributed by atoms with E-state index in [9.17, 15) is 22.8 Å². The van der Waals surface area contributed by atoms with E-state index in [4.69, 9.17) is 11.6 Å². The second kappa shape index (κ2) is 4.52. The van der Waals surface area contributed by atoms with Crippen LogP contribution in [0.3, 0.4) is 0 Å². The van der Waals surface area contributed by atoms with Gasteiger partial charge in [-0.2, -0.15) is 0 Å². The Hall–Kier alpha value is -1.56. The fourth-order valence-corrected chi connectivity index (χ4v) is 1.19. The van der Waals surface area contributed by atoms with E-state index in [2.05, 4.69) is 4.74 Å². The summed E-state index contributed by atoms with van der Waals surface area (Å²) in [6.45, 7) is 0. The first-order chi connectivity index (χ1) is 7.37. The van der Waals surface area contributed by atoms with E-state index in [1.165, 1.54) is 0 Å². The molecule has 1 aromatic carbocycles. The first-order valence-electron chi connectivity index (χ1n) is 3.87. The lowest BCUT2D eigenvalue weighted by Gasteiger charge is -2.11. The fraction of sp³-hybridized carbons (Fsp3) is 0.111. The minimum atomic E-state index is -4.94. The van der Waals surface area contributed by atoms with E-state index in [1.807, 2.05) is 0 Å². The molecular formula is C9H4ClF3O3. The van der Waals surface area contributed by atoms with E-state index < -0.39 is 17.1 Å². The lowest BCUT2D eigenvalue weighted by Crippen LogP contribution is -2.17. The van der Waals surface area contributed by atoms with Gasteiger partial charge in [0.15, 0.2) is 6.29 Å². The normalized spacial score (nSPS) is 11.0. The summed E-state index contributed by atoms with van der Waals surface area (Å²) in [5.74, 6) is -0.777. The van der Waals surface area contributed by atoms with E-state index in [0.717, 1.165) is 12.1 Å².